The Morgan fingerprint density at radius 3 is 2.57 bits per heavy atom. The average Bonchev–Trinajstić information content (AvgIpc) is 2.41. The third-order valence-electron chi connectivity index (χ3n) is 2.38. The van der Waals surface area contributed by atoms with E-state index in [4.69, 9.17) is 16.3 Å². The third kappa shape index (κ3) is 3.98. The lowest BCUT2D eigenvalue weighted by Crippen LogP contribution is -2.12. The number of rotatable bonds is 4. The van der Waals surface area contributed by atoms with E-state index in [0.29, 0.717) is 6.54 Å². The monoisotopic (exact) mass is 317 g/mol. The molecule has 8 heteroatoms. The lowest BCUT2D eigenvalue weighted by atomic mass is 10.3. The van der Waals surface area contributed by atoms with Crippen molar-refractivity contribution in [3.05, 3.63) is 41.0 Å². The van der Waals surface area contributed by atoms with Gasteiger partial charge in [0.15, 0.2) is 5.69 Å². The molecule has 0 fully saturated rings. The molecule has 21 heavy (non-hydrogen) atoms. The van der Waals surface area contributed by atoms with Gasteiger partial charge in [-0.25, -0.2) is 4.98 Å². The van der Waals surface area contributed by atoms with Gasteiger partial charge in [0.1, 0.15) is 5.75 Å². The Bertz CT molecular complexity index is 634. The van der Waals surface area contributed by atoms with Gasteiger partial charge in [0.05, 0.1) is 5.02 Å². The standard InChI is InChI=1S/C13H11ClF3N3O/c1-2-18-12-19-10(13(15,16)17)7-11(20-12)21-9-6-4-3-5-8(9)14/h3-7H,2H2,1H3,(H,18,19,20). The first-order valence-corrected chi connectivity index (χ1v) is 6.40. The minimum atomic E-state index is -4.59. The SMILES string of the molecule is CCNc1nc(Oc2ccccc2Cl)cc(C(F)(F)F)n1. The molecular weight excluding hydrogens is 307 g/mol. The molecule has 1 N–H and O–H groups in total. The van der Waals surface area contributed by atoms with Crippen LogP contribution < -0.4 is 10.1 Å². The van der Waals surface area contributed by atoms with Crippen LogP contribution in [0.3, 0.4) is 0 Å². The maximum Gasteiger partial charge on any atom is 0.433 e. The van der Waals surface area contributed by atoms with Crippen molar-refractivity contribution in [1.82, 2.24) is 9.97 Å². The highest BCUT2D eigenvalue weighted by atomic mass is 35.5. The zero-order valence-corrected chi connectivity index (χ0v) is 11.7. The van der Waals surface area contributed by atoms with Gasteiger partial charge in [-0.2, -0.15) is 18.2 Å². The number of halogens is 4. The number of ether oxygens (including phenoxy) is 1. The van der Waals surface area contributed by atoms with E-state index >= 15 is 0 Å². The highest BCUT2D eigenvalue weighted by Crippen LogP contribution is 2.33. The van der Waals surface area contributed by atoms with Gasteiger partial charge in [0.2, 0.25) is 11.8 Å². The Morgan fingerprint density at radius 1 is 1.24 bits per heavy atom. The number of anilines is 1. The second kappa shape index (κ2) is 6.17. The molecule has 2 aromatic rings. The molecule has 4 nitrogen and oxygen atoms in total. The Balaban J connectivity index is 2.38. The Kier molecular flexibility index (Phi) is 4.52. The summed E-state index contributed by atoms with van der Waals surface area (Å²) in [5.74, 6) is -0.177. The van der Waals surface area contributed by atoms with Gasteiger partial charge in [-0.1, -0.05) is 23.7 Å². The molecule has 0 atom stereocenters. The number of alkyl halides is 3. The molecule has 0 aliphatic carbocycles. The fourth-order valence-electron chi connectivity index (χ4n) is 1.50. The molecule has 0 unspecified atom stereocenters. The third-order valence-corrected chi connectivity index (χ3v) is 2.69. The molecule has 0 saturated heterocycles. The van der Waals surface area contributed by atoms with Crippen molar-refractivity contribution in [3.63, 3.8) is 0 Å². The van der Waals surface area contributed by atoms with Crippen LogP contribution in [0.2, 0.25) is 5.02 Å². The first kappa shape index (κ1) is 15.4. The maximum atomic E-state index is 12.8. The fraction of sp³-hybridized carbons (Fsp3) is 0.231. The number of hydrogen-bond donors (Lipinski definition) is 1. The fourth-order valence-corrected chi connectivity index (χ4v) is 1.67. The van der Waals surface area contributed by atoms with Crippen LogP contribution in [0.4, 0.5) is 19.1 Å². The maximum absolute atomic E-state index is 12.8. The van der Waals surface area contributed by atoms with Crippen LogP contribution >= 0.6 is 11.6 Å². The summed E-state index contributed by atoms with van der Waals surface area (Å²) in [4.78, 5) is 7.27. The summed E-state index contributed by atoms with van der Waals surface area (Å²) >= 11 is 5.90. The van der Waals surface area contributed by atoms with Crippen molar-refractivity contribution in [2.75, 3.05) is 11.9 Å². The molecule has 1 aromatic heterocycles. The quantitative estimate of drug-likeness (QED) is 0.909. The molecule has 0 saturated carbocycles. The molecular formula is C13H11ClF3N3O. The number of benzene rings is 1. The van der Waals surface area contributed by atoms with Crippen LogP contribution in [0.5, 0.6) is 11.6 Å². The Hall–Kier alpha value is -2.02. The summed E-state index contributed by atoms with van der Waals surface area (Å²) in [6.45, 7) is 2.10. The van der Waals surface area contributed by atoms with Crippen LogP contribution in [0, 0.1) is 0 Å². The number of nitrogens with one attached hydrogen (secondary N) is 1. The highest BCUT2D eigenvalue weighted by Gasteiger charge is 2.34. The van der Waals surface area contributed by atoms with E-state index in [2.05, 4.69) is 15.3 Å². The van der Waals surface area contributed by atoms with Gasteiger partial charge in [-0.3, -0.25) is 0 Å². The summed E-state index contributed by atoms with van der Waals surface area (Å²) in [5.41, 5.74) is -1.09. The minimum absolute atomic E-state index is 0.158. The van der Waals surface area contributed by atoms with Crippen molar-refractivity contribution in [3.8, 4) is 11.6 Å². The normalized spacial score (nSPS) is 11.3. The zero-order chi connectivity index (χ0) is 15.5. The van der Waals surface area contributed by atoms with Crippen LogP contribution in [0.25, 0.3) is 0 Å². The molecule has 0 spiro atoms. The van der Waals surface area contributed by atoms with Gasteiger partial charge < -0.3 is 10.1 Å². The molecule has 0 aliphatic heterocycles. The first-order valence-electron chi connectivity index (χ1n) is 6.02. The molecule has 0 radical (unpaired) electrons. The number of hydrogen-bond acceptors (Lipinski definition) is 4. The molecule has 2 rings (SSSR count). The van der Waals surface area contributed by atoms with Gasteiger partial charge in [-0.05, 0) is 19.1 Å². The molecule has 0 amide bonds. The van der Waals surface area contributed by atoms with E-state index in [1.165, 1.54) is 6.07 Å². The van der Waals surface area contributed by atoms with Crippen molar-refractivity contribution >= 4 is 17.5 Å². The zero-order valence-electron chi connectivity index (χ0n) is 10.9. The molecule has 1 aromatic carbocycles. The topological polar surface area (TPSA) is 47.0 Å². The summed E-state index contributed by atoms with van der Waals surface area (Å²) in [7, 11) is 0. The number of para-hydroxylation sites is 1. The van der Waals surface area contributed by atoms with Crippen molar-refractivity contribution in [2.45, 2.75) is 13.1 Å². The Labute approximate surface area is 123 Å². The predicted octanol–water partition coefficient (Wildman–Crippen LogP) is 4.37. The van der Waals surface area contributed by atoms with E-state index < -0.39 is 11.9 Å². The van der Waals surface area contributed by atoms with Gasteiger partial charge in [0, 0.05) is 12.6 Å². The lowest BCUT2D eigenvalue weighted by Gasteiger charge is -2.12. The number of aromatic nitrogens is 2. The molecule has 0 bridgehead atoms. The van der Waals surface area contributed by atoms with Crippen LogP contribution in [-0.2, 0) is 6.18 Å². The Morgan fingerprint density at radius 2 is 1.95 bits per heavy atom. The lowest BCUT2D eigenvalue weighted by molar-refractivity contribution is -0.141. The van der Waals surface area contributed by atoms with E-state index in [-0.39, 0.29) is 22.6 Å². The summed E-state index contributed by atoms with van der Waals surface area (Å²) in [5, 5.41) is 2.90. The molecule has 112 valence electrons. The van der Waals surface area contributed by atoms with Gasteiger partial charge in [0.25, 0.3) is 0 Å². The first-order chi connectivity index (χ1) is 9.90. The van der Waals surface area contributed by atoms with Crippen molar-refractivity contribution in [1.29, 1.82) is 0 Å². The largest absolute Gasteiger partial charge is 0.437 e. The van der Waals surface area contributed by atoms with Crippen molar-refractivity contribution < 1.29 is 17.9 Å². The van der Waals surface area contributed by atoms with Crippen LogP contribution in [0.15, 0.2) is 30.3 Å². The number of nitrogens with zero attached hydrogens (tertiary/aromatic N) is 2. The van der Waals surface area contributed by atoms with E-state index in [1.54, 1.807) is 25.1 Å². The molecule has 1 heterocycles. The minimum Gasteiger partial charge on any atom is -0.437 e. The summed E-state index contributed by atoms with van der Waals surface area (Å²) in [6.07, 6.45) is -4.59. The second-order valence-corrected chi connectivity index (χ2v) is 4.38. The summed E-state index contributed by atoms with van der Waals surface area (Å²) < 4.78 is 43.7. The van der Waals surface area contributed by atoms with Gasteiger partial charge in [-0.15, -0.1) is 0 Å². The predicted molar refractivity (Wildman–Crippen MR) is 72.7 cm³/mol. The second-order valence-electron chi connectivity index (χ2n) is 3.98. The van der Waals surface area contributed by atoms with Crippen LogP contribution in [0.1, 0.15) is 12.6 Å². The van der Waals surface area contributed by atoms with E-state index in [0.717, 1.165) is 6.07 Å². The molecule has 0 aliphatic rings. The van der Waals surface area contributed by atoms with E-state index in [1.807, 2.05) is 0 Å². The smallest absolute Gasteiger partial charge is 0.433 e. The van der Waals surface area contributed by atoms with Gasteiger partial charge >= 0.3 is 6.18 Å². The van der Waals surface area contributed by atoms with Crippen molar-refractivity contribution in [2.24, 2.45) is 0 Å². The van der Waals surface area contributed by atoms with E-state index in [9.17, 15) is 13.2 Å². The highest BCUT2D eigenvalue weighted by molar-refractivity contribution is 6.32. The summed E-state index contributed by atoms with van der Waals surface area (Å²) in [6, 6.07) is 7.15. The average molecular weight is 318 g/mol. The van der Waals surface area contributed by atoms with Crippen LogP contribution in [-0.4, -0.2) is 16.5 Å².